The molecular weight excluding hydrogens is 439 g/mol. The highest BCUT2D eigenvalue weighted by atomic mass is 19.1. The zero-order valence-corrected chi connectivity index (χ0v) is 21.1. The second-order valence-electron chi connectivity index (χ2n) is 9.28. The lowest BCUT2D eigenvalue weighted by atomic mass is 9.99. The van der Waals surface area contributed by atoms with Gasteiger partial charge in [-0.15, -0.1) is 0 Å². The predicted octanol–water partition coefficient (Wildman–Crippen LogP) is 5.54. The summed E-state index contributed by atoms with van der Waals surface area (Å²) in [7, 11) is 0. The quantitative estimate of drug-likeness (QED) is 0.419. The number of amides is 2. The van der Waals surface area contributed by atoms with Crippen molar-refractivity contribution >= 4 is 11.8 Å². The largest absolute Gasteiger partial charge is 0.352 e. The fraction of sp³-hybridized carbons (Fsp3) is 0.333. The monoisotopic (exact) mass is 474 g/mol. The lowest BCUT2D eigenvalue weighted by Gasteiger charge is -2.32. The Hall–Kier alpha value is -3.47. The van der Waals surface area contributed by atoms with Crippen molar-refractivity contribution in [2.45, 2.75) is 65.6 Å². The summed E-state index contributed by atoms with van der Waals surface area (Å²) < 4.78 is 13.6. The predicted molar refractivity (Wildman–Crippen MR) is 138 cm³/mol. The van der Waals surface area contributed by atoms with E-state index in [2.05, 4.69) is 5.32 Å². The molecule has 0 fully saturated rings. The Morgan fingerprint density at radius 3 is 2.29 bits per heavy atom. The number of nitrogens with one attached hydrogen (secondary N) is 1. The van der Waals surface area contributed by atoms with E-state index in [4.69, 9.17) is 0 Å². The van der Waals surface area contributed by atoms with Crippen molar-refractivity contribution in [3.8, 4) is 0 Å². The van der Waals surface area contributed by atoms with Crippen molar-refractivity contribution in [1.82, 2.24) is 10.2 Å². The van der Waals surface area contributed by atoms with Gasteiger partial charge in [0.05, 0.1) is 6.42 Å². The first-order valence-electron chi connectivity index (χ1n) is 12.2. The Balaban J connectivity index is 1.99. The summed E-state index contributed by atoms with van der Waals surface area (Å²) in [6.07, 6.45) is 1.37. The van der Waals surface area contributed by atoms with Gasteiger partial charge in [-0.25, -0.2) is 4.39 Å². The standard InChI is InChI=1S/C30H35FN2O2/c1-5-23(4)32-30(35)28(18-24-9-7-6-8-10-24)33(20-25-13-15-27(31)16-14-25)29(34)19-26-17-21(2)11-12-22(26)3/h6-17,23,28H,5,18-20H2,1-4H3,(H,32,35)/t23-,28-/m1/s1. The first-order valence-corrected chi connectivity index (χ1v) is 12.2. The molecule has 1 N–H and O–H groups in total. The van der Waals surface area contributed by atoms with Crippen molar-refractivity contribution in [3.05, 3.63) is 106 Å². The van der Waals surface area contributed by atoms with Gasteiger partial charge in [-0.2, -0.15) is 0 Å². The minimum absolute atomic E-state index is 0.0115. The van der Waals surface area contributed by atoms with Crippen LogP contribution in [0.4, 0.5) is 4.39 Å². The molecule has 184 valence electrons. The van der Waals surface area contributed by atoms with Crippen LogP contribution in [-0.4, -0.2) is 28.8 Å². The molecule has 0 unspecified atom stereocenters. The Bertz CT molecular complexity index is 1130. The Labute approximate surface area is 208 Å². The first kappa shape index (κ1) is 26.1. The maximum atomic E-state index is 13.8. The molecule has 0 saturated heterocycles. The average molecular weight is 475 g/mol. The molecular formula is C30H35FN2O2. The van der Waals surface area contributed by atoms with Crippen LogP contribution in [0.15, 0.2) is 72.8 Å². The van der Waals surface area contributed by atoms with Gasteiger partial charge >= 0.3 is 0 Å². The minimum Gasteiger partial charge on any atom is -0.352 e. The molecule has 5 heteroatoms. The molecule has 3 aromatic carbocycles. The number of nitrogens with zero attached hydrogens (tertiary/aromatic N) is 1. The third kappa shape index (κ3) is 7.51. The van der Waals surface area contributed by atoms with Crippen molar-refractivity contribution in [1.29, 1.82) is 0 Å². The number of benzene rings is 3. The van der Waals surface area contributed by atoms with E-state index in [1.165, 1.54) is 12.1 Å². The number of carbonyl (C=O) groups is 2. The summed E-state index contributed by atoms with van der Waals surface area (Å²) in [4.78, 5) is 29.0. The number of aryl methyl sites for hydroxylation is 2. The second kappa shape index (κ2) is 12.3. The number of carbonyl (C=O) groups excluding carboxylic acids is 2. The molecule has 3 rings (SSSR count). The maximum Gasteiger partial charge on any atom is 0.243 e. The van der Waals surface area contributed by atoms with Gasteiger partial charge in [0.1, 0.15) is 11.9 Å². The van der Waals surface area contributed by atoms with Gasteiger partial charge < -0.3 is 10.2 Å². The molecule has 0 aliphatic rings. The van der Waals surface area contributed by atoms with Gasteiger partial charge in [0, 0.05) is 19.0 Å². The highest BCUT2D eigenvalue weighted by molar-refractivity contribution is 5.89. The second-order valence-corrected chi connectivity index (χ2v) is 9.28. The average Bonchev–Trinajstić information content (AvgIpc) is 2.85. The third-order valence-electron chi connectivity index (χ3n) is 6.38. The van der Waals surface area contributed by atoms with Crippen LogP contribution in [0.2, 0.25) is 0 Å². The zero-order valence-electron chi connectivity index (χ0n) is 21.1. The van der Waals surface area contributed by atoms with E-state index < -0.39 is 6.04 Å². The van der Waals surface area contributed by atoms with Crippen LogP contribution in [0, 0.1) is 19.7 Å². The van der Waals surface area contributed by atoms with Crippen LogP contribution < -0.4 is 5.32 Å². The molecule has 0 spiro atoms. The SMILES string of the molecule is CC[C@@H](C)NC(=O)[C@@H](Cc1ccccc1)N(Cc1ccc(F)cc1)C(=O)Cc1cc(C)ccc1C. The summed E-state index contributed by atoms with van der Waals surface area (Å²) in [5, 5.41) is 3.07. The Kier molecular flexibility index (Phi) is 9.18. The molecule has 0 bridgehead atoms. The van der Waals surface area contributed by atoms with Crippen molar-refractivity contribution in [2.24, 2.45) is 0 Å². The number of hydrogen-bond donors (Lipinski definition) is 1. The van der Waals surface area contributed by atoms with E-state index in [1.807, 2.05) is 76.2 Å². The van der Waals surface area contributed by atoms with Crippen LogP contribution in [0.3, 0.4) is 0 Å². The van der Waals surface area contributed by atoms with Crippen molar-refractivity contribution < 1.29 is 14.0 Å². The normalized spacial score (nSPS) is 12.6. The van der Waals surface area contributed by atoms with E-state index in [1.54, 1.807) is 17.0 Å². The molecule has 0 saturated carbocycles. The van der Waals surface area contributed by atoms with Gasteiger partial charge in [-0.3, -0.25) is 9.59 Å². The van der Waals surface area contributed by atoms with E-state index in [0.29, 0.717) is 6.42 Å². The van der Waals surface area contributed by atoms with Crippen LogP contribution in [-0.2, 0) is 29.0 Å². The Morgan fingerprint density at radius 2 is 1.63 bits per heavy atom. The smallest absolute Gasteiger partial charge is 0.243 e. The molecule has 0 aliphatic heterocycles. The van der Waals surface area contributed by atoms with Crippen molar-refractivity contribution in [2.75, 3.05) is 0 Å². The fourth-order valence-electron chi connectivity index (χ4n) is 4.04. The zero-order chi connectivity index (χ0) is 25.4. The van der Waals surface area contributed by atoms with Gasteiger partial charge in [-0.05, 0) is 61.6 Å². The molecule has 3 aromatic rings. The van der Waals surface area contributed by atoms with Gasteiger partial charge in [0.15, 0.2) is 0 Å². The summed E-state index contributed by atoms with van der Waals surface area (Å²) >= 11 is 0. The van der Waals surface area contributed by atoms with Gasteiger partial charge in [0.25, 0.3) is 0 Å². The number of hydrogen-bond acceptors (Lipinski definition) is 2. The molecule has 0 aromatic heterocycles. The van der Waals surface area contributed by atoms with E-state index in [9.17, 15) is 14.0 Å². The molecule has 2 amide bonds. The van der Waals surface area contributed by atoms with Gasteiger partial charge in [0.2, 0.25) is 11.8 Å². The van der Waals surface area contributed by atoms with E-state index in [-0.39, 0.29) is 36.6 Å². The van der Waals surface area contributed by atoms with Crippen molar-refractivity contribution in [3.63, 3.8) is 0 Å². The molecule has 0 aliphatic carbocycles. The summed E-state index contributed by atoms with van der Waals surface area (Å²) in [6, 6.07) is 21.2. The molecule has 0 heterocycles. The van der Waals surface area contributed by atoms with E-state index >= 15 is 0 Å². The van der Waals surface area contributed by atoms with Crippen LogP contribution >= 0.6 is 0 Å². The molecule has 4 nitrogen and oxygen atoms in total. The lowest BCUT2D eigenvalue weighted by molar-refractivity contribution is -0.141. The summed E-state index contributed by atoms with van der Waals surface area (Å²) in [6.45, 7) is 8.18. The first-order chi connectivity index (χ1) is 16.8. The number of rotatable bonds is 10. The fourth-order valence-corrected chi connectivity index (χ4v) is 4.04. The minimum atomic E-state index is -0.700. The summed E-state index contributed by atoms with van der Waals surface area (Å²) in [5.41, 5.74) is 4.81. The highest BCUT2D eigenvalue weighted by Gasteiger charge is 2.31. The van der Waals surface area contributed by atoms with Crippen LogP contribution in [0.1, 0.15) is 48.1 Å². The number of halogens is 1. The molecule has 0 radical (unpaired) electrons. The lowest BCUT2D eigenvalue weighted by Crippen LogP contribution is -2.52. The van der Waals surface area contributed by atoms with Crippen LogP contribution in [0.5, 0.6) is 0 Å². The third-order valence-corrected chi connectivity index (χ3v) is 6.38. The Morgan fingerprint density at radius 1 is 0.943 bits per heavy atom. The summed E-state index contributed by atoms with van der Waals surface area (Å²) in [5.74, 6) is -0.653. The van der Waals surface area contributed by atoms with E-state index in [0.717, 1.165) is 34.2 Å². The topological polar surface area (TPSA) is 49.4 Å². The highest BCUT2D eigenvalue weighted by Crippen LogP contribution is 2.19. The maximum absolute atomic E-state index is 13.8. The van der Waals surface area contributed by atoms with Crippen LogP contribution in [0.25, 0.3) is 0 Å². The molecule has 2 atom stereocenters. The van der Waals surface area contributed by atoms with Gasteiger partial charge in [-0.1, -0.05) is 73.2 Å². The molecule has 35 heavy (non-hydrogen) atoms.